The lowest BCUT2D eigenvalue weighted by Crippen LogP contribution is -2.47. The van der Waals surface area contributed by atoms with Crippen molar-refractivity contribution in [2.24, 2.45) is 0 Å². The first-order chi connectivity index (χ1) is 13.0. The second kappa shape index (κ2) is 9.17. The van der Waals surface area contributed by atoms with Crippen LogP contribution in [0, 0.1) is 0 Å². The van der Waals surface area contributed by atoms with Crippen LogP contribution in [0.25, 0.3) is 0 Å². The van der Waals surface area contributed by atoms with Crippen molar-refractivity contribution in [2.45, 2.75) is 62.8 Å². The first-order valence-electron chi connectivity index (χ1n) is 10.2. The molecule has 2 fully saturated rings. The average molecular weight is 394 g/mol. The molecule has 0 saturated carbocycles. The maximum absolute atomic E-state index is 12.9. The Morgan fingerprint density at radius 3 is 2.59 bits per heavy atom. The van der Waals surface area contributed by atoms with Crippen LogP contribution >= 0.6 is 0 Å². The molecule has 3 rings (SSSR count). The molecule has 0 aromatic heterocycles. The number of amides is 1. The van der Waals surface area contributed by atoms with Crippen LogP contribution in [0.5, 0.6) is 0 Å². The number of carbonyl (C=O) groups excluding carboxylic acids is 1. The molecule has 1 N–H and O–H groups in total. The molecule has 2 aliphatic rings. The molecule has 2 aliphatic heterocycles. The Kier molecular flexibility index (Phi) is 6.89. The molecule has 2 heterocycles. The number of rotatable bonds is 6. The number of nitrogens with one attached hydrogen (secondary N) is 1. The summed E-state index contributed by atoms with van der Waals surface area (Å²) < 4.78 is 27.3. The fraction of sp³-hybridized carbons (Fsp3) is 0.650. The van der Waals surface area contributed by atoms with Gasteiger partial charge in [0, 0.05) is 18.8 Å². The van der Waals surface area contributed by atoms with Crippen LogP contribution in [-0.2, 0) is 14.8 Å². The quantitative estimate of drug-likeness (QED) is 0.806. The van der Waals surface area contributed by atoms with Gasteiger partial charge in [-0.3, -0.25) is 9.69 Å². The highest BCUT2D eigenvalue weighted by molar-refractivity contribution is 7.89. The van der Waals surface area contributed by atoms with Crippen LogP contribution in [0.4, 0.5) is 5.69 Å². The molecule has 0 bridgehead atoms. The lowest BCUT2D eigenvalue weighted by atomic mass is 10.0. The number of sulfonamides is 1. The van der Waals surface area contributed by atoms with E-state index in [1.807, 2.05) is 0 Å². The zero-order valence-electron chi connectivity index (χ0n) is 16.2. The number of hydrogen-bond acceptors (Lipinski definition) is 4. The fourth-order valence-corrected chi connectivity index (χ4v) is 5.62. The molecule has 150 valence electrons. The van der Waals surface area contributed by atoms with Gasteiger partial charge in [-0.15, -0.1) is 0 Å². The van der Waals surface area contributed by atoms with Gasteiger partial charge < -0.3 is 5.32 Å². The number of piperidine rings is 2. The van der Waals surface area contributed by atoms with E-state index in [0.29, 0.717) is 18.8 Å². The fourth-order valence-electron chi connectivity index (χ4n) is 4.06. The minimum Gasteiger partial charge on any atom is -0.325 e. The molecule has 0 radical (unpaired) electrons. The molecular formula is C20H31N3O3S. The Hall–Kier alpha value is -1.44. The Morgan fingerprint density at radius 2 is 1.85 bits per heavy atom. The van der Waals surface area contributed by atoms with Crippen molar-refractivity contribution in [3.05, 3.63) is 24.3 Å². The van der Waals surface area contributed by atoms with Crippen molar-refractivity contribution >= 4 is 21.6 Å². The zero-order valence-corrected chi connectivity index (χ0v) is 17.0. The number of benzene rings is 1. The van der Waals surface area contributed by atoms with Crippen molar-refractivity contribution in [1.29, 1.82) is 0 Å². The standard InChI is InChI=1S/C20H31N3O3S/c1-2-12-22-13-7-4-11-19(22)20(24)21-17-9-8-10-18(16-17)27(25,26)23-14-5-3-6-15-23/h8-10,16,19H,2-7,11-15H2,1H3,(H,21,24). The summed E-state index contributed by atoms with van der Waals surface area (Å²) in [5.74, 6) is -0.0318. The summed E-state index contributed by atoms with van der Waals surface area (Å²) in [4.78, 5) is 15.3. The lowest BCUT2D eigenvalue weighted by Gasteiger charge is -2.34. The van der Waals surface area contributed by atoms with E-state index in [1.54, 1.807) is 28.6 Å². The molecule has 0 aliphatic carbocycles. The average Bonchev–Trinajstić information content (AvgIpc) is 2.69. The third-order valence-electron chi connectivity index (χ3n) is 5.48. The molecule has 1 atom stereocenters. The summed E-state index contributed by atoms with van der Waals surface area (Å²) >= 11 is 0. The molecule has 1 unspecified atom stereocenters. The van der Waals surface area contributed by atoms with Crippen LogP contribution in [0.2, 0.25) is 0 Å². The van der Waals surface area contributed by atoms with Crippen molar-refractivity contribution in [2.75, 3.05) is 31.5 Å². The third-order valence-corrected chi connectivity index (χ3v) is 7.38. The van der Waals surface area contributed by atoms with Crippen LogP contribution in [0.15, 0.2) is 29.2 Å². The zero-order chi connectivity index (χ0) is 19.3. The molecule has 1 aromatic carbocycles. The van der Waals surface area contributed by atoms with Crippen molar-refractivity contribution in [1.82, 2.24) is 9.21 Å². The molecular weight excluding hydrogens is 362 g/mol. The largest absolute Gasteiger partial charge is 0.325 e. The minimum atomic E-state index is -3.49. The smallest absolute Gasteiger partial charge is 0.243 e. The SMILES string of the molecule is CCCN1CCCCC1C(=O)Nc1cccc(S(=O)(=O)N2CCCCC2)c1. The van der Waals surface area contributed by atoms with Crippen LogP contribution in [0.3, 0.4) is 0 Å². The van der Waals surface area contributed by atoms with E-state index >= 15 is 0 Å². The van der Waals surface area contributed by atoms with Gasteiger partial charge in [-0.05, 0) is 63.4 Å². The topological polar surface area (TPSA) is 69.7 Å². The number of nitrogens with zero attached hydrogens (tertiary/aromatic N) is 2. The second-order valence-corrected chi connectivity index (χ2v) is 9.47. The predicted molar refractivity (Wildman–Crippen MR) is 107 cm³/mol. The first kappa shape index (κ1) is 20.3. The summed E-state index contributed by atoms with van der Waals surface area (Å²) in [6.07, 6.45) is 6.97. The maximum atomic E-state index is 12.9. The van der Waals surface area contributed by atoms with E-state index in [2.05, 4.69) is 17.1 Å². The second-order valence-electron chi connectivity index (χ2n) is 7.53. The number of anilines is 1. The lowest BCUT2D eigenvalue weighted by molar-refractivity contribution is -0.122. The van der Waals surface area contributed by atoms with Gasteiger partial charge in [0.1, 0.15) is 0 Å². The highest BCUT2D eigenvalue weighted by Gasteiger charge is 2.29. The van der Waals surface area contributed by atoms with E-state index < -0.39 is 10.0 Å². The van der Waals surface area contributed by atoms with Crippen LogP contribution < -0.4 is 5.32 Å². The van der Waals surface area contributed by atoms with E-state index in [1.165, 1.54) is 0 Å². The summed E-state index contributed by atoms with van der Waals surface area (Å²) in [5.41, 5.74) is 0.556. The van der Waals surface area contributed by atoms with Crippen molar-refractivity contribution < 1.29 is 13.2 Å². The van der Waals surface area contributed by atoms with Gasteiger partial charge in [0.2, 0.25) is 15.9 Å². The maximum Gasteiger partial charge on any atom is 0.243 e. The Bertz CT molecular complexity index is 743. The van der Waals surface area contributed by atoms with Gasteiger partial charge >= 0.3 is 0 Å². The minimum absolute atomic E-state index is 0.0318. The number of hydrogen-bond donors (Lipinski definition) is 1. The highest BCUT2D eigenvalue weighted by atomic mass is 32.2. The molecule has 7 heteroatoms. The van der Waals surface area contributed by atoms with Gasteiger partial charge in [0.15, 0.2) is 0 Å². The molecule has 27 heavy (non-hydrogen) atoms. The summed E-state index contributed by atoms with van der Waals surface area (Å²) in [6, 6.07) is 6.55. The van der Waals surface area contributed by atoms with Gasteiger partial charge in [-0.1, -0.05) is 25.8 Å². The van der Waals surface area contributed by atoms with E-state index in [4.69, 9.17) is 0 Å². The number of carbonyl (C=O) groups is 1. The summed E-state index contributed by atoms with van der Waals surface area (Å²) in [6.45, 7) is 5.15. The molecule has 2 saturated heterocycles. The van der Waals surface area contributed by atoms with Crippen molar-refractivity contribution in [3.63, 3.8) is 0 Å². The molecule has 6 nitrogen and oxygen atoms in total. The molecule has 0 spiro atoms. The van der Waals surface area contributed by atoms with Gasteiger partial charge in [0.05, 0.1) is 10.9 Å². The molecule has 1 amide bonds. The normalized spacial score (nSPS) is 22.5. The predicted octanol–water partition coefficient (Wildman–Crippen LogP) is 3.06. The summed E-state index contributed by atoms with van der Waals surface area (Å²) in [5, 5.41) is 2.95. The molecule has 1 aromatic rings. The summed E-state index contributed by atoms with van der Waals surface area (Å²) in [7, 11) is -3.49. The Balaban J connectivity index is 1.72. The van der Waals surface area contributed by atoms with Crippen LogP contribution in [-0.4, -0.2) is 55.8 Å². The highest BCUT2D eigenvalue weighted by Crippen LogP contribution is 2.24. The van der Waals surface area contributed by atoms with E-state index in [-0.39, 0.29) is 16.8 Å². The number of likely N-dealkylation sites (tertiary alicyclic amines) is 1. The van der Waals surface area contributed by atoms with Crippen molar-refractivity contribution in [3.8, 4) is 0 Å². The van der Waals surface area contributed by atoms with Gasteiger partial charge in [-0.25, -0.2) is 8.42 Å². The monoisotopic (exact) mass is 393 g/mol. The van der Waals surface area contributed by atoms with Gasteiger partial charge in [-0.2, -0.15) is 4.31 Å². The van der Waals surface area contributed by atoms with E-state index in [0.717, 1.165) is 58.0 Å². The Morgan fingerprint density at radius 1 is 1.11 bits per heavy atom. The third kappa shape index (κ3) is 4.89. The van der Waals surface area contributed by atoms with Crippen LogP contribution in [0.1, 0.15) is 51.9 Å². The first-order valence-corrected chi connectivity index (χ1v) is 11.6. The van der Waals surface area contributed by atoms with Gasteiger partial charge in [0.25, 0.3) is 0 Å². The Labute approximate surface area is 163 Å². The van der Waals surface area contributed by atoms with E-state index in [9.17, 15) is 13.2 Å².